The van der Waals surface area contributed by atoms with Gasteiger partial charge in [-0.25, -0.2) is 8.42 Å². The van der Waals surface area contributed by atoms with E-state index in [0.717, 1.165) is 62.5 Å². The average Bonchev–Trinajstić information content (AvgIpc) is 3.62. The van der Waals surface area contributed by atoms with Crippen LogP contribution in [0.5, 0.6) is 0 Å². The van der Waals surface area contributed by atoms with Crippen LogP contribution in [0, 0.1) is 17.2 Å². The van der Waals surface area contributed by atoms with Crippen LogP contribution >= 0.6 is 0 Å². The highest BCUT2D eigenvalue weighted by Crippen LogP contribution is 2.54. The van der Waals surface area contributed by atoms with E-state index in [1.807, 2.05) is 12.1 Å². The monoisotopic (exact) mass is 720 g/mol. The van der Waals surface area contributed by atoms with Gasteiger partial charge in [0.2, 0.25) is 27.7 Å². The SMILES string of the molecule is CCCCCCCC(=O)NCc1ccc(CS(=O)(=O)NC2(C(=O)N3CCC[C@@H]3C(=O)NCc3ccc(C(=N)N)cc3)C[C@@H]2C2CCCCC2)cc1. The van der Waals surface area contributed by atoms with E-state index >= 15 is 0 Å². The van der Waals surface area contributed by atoms with Crippen molar-refractivity contribution in [2.75, 3.05) is 6.54 Å². The van der Waals surface area contributed by atoms with Crippen molar-refractivity contribution in [2.24, 2.45) is 17.6 Å². The van der Waals surface area contributed by atoms with Crippen LogP contribution in [-0.2, 0) is 43.2 Å². The third kappa shape index (κ3) is 10.4. The summed E-state index contributed by atoms with van der Waals surface area (Å²) in [5.41, 5.74) is 7.24. The fraction of sp³-hybridized carbons (Fsp3) is 0.590. The van der Waals surface area contributed by atoms with Gasteiger partial charge in [-0.3, -0.25) is 19.8 Å². The molecule has 51 heavy (non-hydrogen) atoms. The Morgan fingerprint density at radius 1 is 0.843 bits per heavy atom. The first-order valence-corrected chi connectivity index (χ1v) is 20.5. The van der Waals surface area contributed by atoms with Gasteiger partial charge in [-0.05, 0) is 54.2 Å². The molecule has 2 aromatic carbocycles. The summed E-state index contributed by atoms with van der Waals surface area (Å²) in [6.07, 6.45) is 12.8. The van der Waals surface area contributed by atoms with Gasteiger partial charge in [0, 0.05) is 31.6 Å². The molecule has 0 aromatic heterocycles. The maximum absolute atomic E-state index is 14.4. The number of hydrogen-bond donors (Lipinski definition) is 5. The number of amides is 3. The number of nitrogens with two attached hydrogens (primary N) is 1. The molecule has 3 aliphatic rings. The van der Waals surface area contributed by atoms with E-state index < -0.39 is 21.6 Å². The number of carbonyl (C=O) groups excluding carboxylic acids is 3. The van der Waals surface area contributed by atoms with E-state index in [1.54, 1.807) is 41.3 Å². The fourth-order valence-corrected chi connectivity index (χ4v) is 9.49. The lowest BCUT2D eigenvalue weighted by Gasteiger charge is -2.31. The second kappa shape index (κ2) is 17.6. The van der Waals surface area contributed by atoms with Crippen LogP contribution in [0.1, 0.15) is 119 Å². The number of rotatable bonds is 18. The molecular formula is C39H56N6O5S. The smallest absolute Gasteiger partial charge is 0.244 e. The van der Waals surface area contributed by atoms with E-state index in [1.165, 1.54) is 12.8 Å². The summed E-state index contributed by atoms with van der Waals surface area (Å²) in [6, 6.07) is 13.6. The molecule has 0 radical (unpaired) electrons. The molecule has 1 unspecified atom stereocenters. The molecule has 3 amide bonds. The summed E-state index contributed by atoms with van der Waals surface area (Å²) in [4.78, 5) is 41.7. The van der Waals surface area contributed by atoms with Crippen molar-refractivity contribution in [1.29, 1.82) is 5.41 Å². The first-order chi connectivity index (χ1) is 24.5. The number of unbranched alkanes of at least 4 members (excludes halogenated alkanes) is 4. The van der Waals surface area contributed by atoms with Crippen molar-refractivity contribution in [3.63, 3.8) is 0 Å². The Labute approximate surface area is 303 Å². The Bertz CT molecular complexity index is 1620. The number of benzene rings is 2. The number of carbonyl (C=O) groups is 3. The van der Waals surface area contributed by atoms with Gasteiger partial charge in [-0.15, -0.1) is 0 Å². The van der Waals surface area contributed by atoms with Gasteiger partial charge in [0.05, 0.1) is 5.75 Å². The number of sulfonamides is 1. The number of nitrogen functional groups attached to an aromatic ring is 1. The molecule has 2 aliphatic carbocycles. The predicted molar refractivity (Wildman–Crippen MR) is 199 cm³/mol. The Morgan fingerprint density at radius 2 is 1.47 bits per heavy atom. The number of amidine groups is 1. The number of nitrogens with zero attached hydrogens (tertiary/aromatic N) is 1. The molecule has 1 aliphatic heterocycles. The molecule has 3 atom stereocenters. The Balaban J connectivity index is 1.21. The van der Waals surface area contributed by atoms with Crippen LogP contribution in [-0.4, -0.2) is 55.0 Å². The highest BCUT2D eigenvalue weighted by molar-refractivity contribution is 7.88. The molecule has 1 heterocycles. The molecule has 2 aromatic rings. The first-order valence-electron chi connectivity index (χ1n) is 18.9. The highest BCUT2D eigenvalue weighted by atomic mass is 32.2. The Hall–Kier alpha value is -3.77. The molecule has 278 valence electrons. The molecule has 12 heteroatoms. The summed E-state index contributed by atoms with van der Waals surface area (Å²) in [5.74, 6) is -0.649. The van der Waals surface area contributed by atoms with Crippen LogP contribution in [0.15, 0.2) is 48.5 Å². The lowest BCUT2D eigenvalue weighted by Crippen LogP contribution is -2.56. The number of hydrogen-bond acceptors (Lipinski definition) is 6. The third-order valence-corrected chi connectivity index (χ3v) is 12.3. The predicted octanol–water partition coefficient (Wildman–Crippen LogP) is 5.01. The van der Waals surface area contributed by atoms with Gasteiger partial charge in [0.15, 0.2) is 0 Å². The summed E-state index contributed by atoms with van der Waals surface area (Å²) in [7, 11) is -3.92. The topological polar surface area (TPSA) is 175 Å². The molecule has 1 saturated heterocycles. The zero-order chi connectivity index (χ0) is 36.4. The highest BCUT2D eigenvalue weighted by Gasteiger charge is 2.66. The molecule has 3 fully saturated rings. The lowest BCUT2D eigenvalue weighted by molar-refractivity contribution is -0.141. The maximum atomic E-state index is 14.4. The van der Waals surface area contributed by atoms with E-state index in [2.05, 4.69) is 22.3 Å². The molecule has 6 N–H and O–H groups in total. The molecule has 0 bridgehead atoms. The van der Waals surface area contributed by atoms with Crippen molar-refractivity contribution < 1.29 is 22.8 Å². The minimum atomic E-state index is -3.92. The van der Waals surface area contributed by atoms with E-state index in [-0.39, 0.29) is 47.7 Å². The number of likely N-dealkylation sites (tertiary alicyclic amines) is 1. The zero-order valence-electron chi connectivity index (χ0n) is 30.1. The van der Waals surface area contributed by atoms with Gasteiger partial charge in [-0.2, -0.15) is 4.72 Å². The van der Waals surface area contributed by atoms with Crippen molar-refractivity contribution in [3.05, 3.63) is 70.8 Å². The second-order valence-corrected chi connectivity index (χ2v) is 16.5. The van der Waals surface area contributed by atoms with Crippen LogP contribution in [0.2, 0.25) is 0 Å². The van der Waals surface area contributed by atoms with Gasteiger partial charge < -0.3 is 21.3 Å². The summed E-state index contributed by atoms with van der Waals surface area (Å²) in [5, 5.41) is 13.5. The van der Waals surface area contributed by atoms with Crippen molar-refractivity contribution in [1.82, 2.24) is 20.3 Å². The summed E-state index contributed by atoms with van der Waals surface area (Å²) in [6.45, 7) is 3.22. The zero-order valence-corrected chi connectivity index (χ0v) is 30.9. The summed E-state index contributed by atoms with van der Waals surface area (Å²) < 4.78 is 30.4. The van der Waals surface area contributed by atoms with Crippen molar-refractivity contribution in [2.45, 2.75) is 127 Å². The van der Waals surface area contributed by atoms with Crippen molar-refractivity contribution in [3.8, 4) is 0 Å². The first kappa shape index (κ1) is 38.5. The quantitative estimate of drug-likeness (QED) is 0.0822. The molecule has 5 rings (SSSR count). The van der Waals surface area contributed by atoms with Gasteiger partial charge in [-0.1, -0.05) is 113 Å². The lowest BCUT2D eigenvalue weighted by atomic mass is 9.84. The maximum Gasteiger partial charge on any atom is 0.244 e. The minimum absolute atomic E-state index is 0.0208. The normalized spacial score (nSPS) is 22.0. The second-order valence-electron chi connectivity index (χ2n) is 14.8. The van der Waals surface area contributed by atoms with E-state index in [9.17, 15) is 22.8 Å². The Morgan fingerprint density at radius 3 is 2.14 bits per heavy atom. The summed E-state index contributed by atoms with van der Waals surface area (Å²) >= 11 is 0. The van der Waals surface area contributed by atoms with Gasteiger partial charge >= 0.3 is 0 Å². The van der Waals surface area contributed by atoms with Crippen LogP contribution in [0.25, 0.3) is 0 Å². The molecule has 11 nitrogen and oxygen atoms in total. The van der Waals surface area contributed by atoms with Crippen LogP contribution in [0.3, 0.4) is 0 Å². The van der Waals surface area contributed by atoms with E-state index in [4.69, 9.17) is 11.1 Å². The minimum Gasteiger partial charge on any atom is -0.384 e. The largest absolute Gasteiger partial charge is 0.384 e. The van der Waals surface area contributed by atoms with Crippen LogP contribution in [0.4, 0.5) is 0 Å². The van der Waals surface area contributed by atoms with Crippen molar-refractivity contribution >= 4 is 33.6 Å². The van der Waals surface area contributed by atoms with Gasteiger partial charge in [0.1, 0.15) is 17.4 Å². The average molecular weight is 721 g/mol. The third-order valence-electron chi connectivity index (χ3n) is 10.9. The van der Waals surface area contributed by atoms with E-state index in [0.29, 0.717) is 49.9 Å². The Kier molecular flexibility index (Phi) is 13.3. The fourth-order valence-electron chi connectivity index (χ4n) is 7.91. The molecular weight excluding hydrogens is 665 g/mol. The van der Waals surface area contributed by atoms with Crippen LogP contribution < -0.4 is 21.1 Å². The molecule has 0 spiro atoms. The standard InChI is InChI=1S/C39H56N6O5S/c1-2-3-4-5-9-14-35(46)42-25-28-15-17-30(18-16-28)27-51(49,50)44-39(24-33(39)31-11-7-6-8-12-31)38(48)45-23-10-13-34(45)37(47)43-26-29-19-21-32(22-20-29)36(40)41/h15-22,31,33-34,44H,2-14,23-27H2,1H3,(H3,40,41)(H,42,46)(H,43,47)/t33-,34-,39?/m1/s1. The molecule has 2 saturated carbocycles. The van der Waals surface area contributed by atoms with Gasteiger partial charge in [0.25, 0.3) is 0 Å². The number of nitrogens with one attached hydrogen (secondary N) is 4.